The molecule has 0 amide bonds. The molecule has 0 radical (unpaired) electrons. The number of aromatic carboxylic acids is 1. The smallest absolute Gasteiger partial charge is 0.339 e. The monoisotopic (exact) mass is 244 g/mol. The fourth-order valence-electron chi connectivity index (χ4n) is 2.01. The second kappa shape index (κ2) is 4.61. The molecule has 92 valence electrons. The molecule has 0 spiro atoms. The van der Waals surface area contributed by atoms with Crippen LogP contribution < -0.4 is 0 Å². The lowest BCUT2D eigenvalue weighted by Crippen LogP contribution is -2.04. The van der Waals surface area contributed by atoms with Crippen molar-refractivity contribution in [3.63, 3.8) is 0 Å². The summed E-state index contributed by atoms with van der Waals surface area (Å²) in [5, 5.41) is 9.13. The van der Waals surface area contributed by atoms with Gasteiger partial charge in [-0.25, -0.2) is 9.18 Å². The second-order valence-electron chi connectivity index (χ2n) is 4.22. The largest absolute Gasteiger partial charge is 0.478 e. The molecule has 0 saturated carbocycles. The van der Waals surface area contributed by atoms with Gasteiger partial charge < -0.3 is 5.11 Å². The van der Waals surface area contributed by atoms with E-state index in [0.717, 1.165) is 22.8 Å². The molecule has 2 aromatic carbocycles. The number of carbonyl (C=O) groups is 1. The van der Waals surface area contributed by atoms with E-state index in [-0.39, 0.29) is 5.56 Å². The minimum absolute atomic E-state index is 0.272. The van der Waals surface area contributed by atoms with Crippen molar-refractivity contribution < 1.29 is 14.3 Å². The summed E-state index contributed by atoms with van der Waals surface area (Å²) in [5.41, 5.74) is 2.92. The number of carboxylic acids is 1. The average molecular weight is 244 g/mol. The van der Waals surface area contributed by atoms with E-state index in [1.165, 1.54) is 6.07 Å². The summed E-state index contributed by atoms with van der Waals surface area (Å²) in [6.45, 7) is 3.85. The Bertz CT molecular complexity index is 618. The van der Waals surface area contributed by atoms with Crippen LogP contribution in [0.4, 0.5) is 4.39 Å². The van der Waals surface area contributed by atoms with Crippen LogP contribution in [0.25, 0.3) is 11.1 Å². The van der Waals surface area contributed by atoms with Crippen LogP contribution in [0.15, 0.2) is 36.4 Å². The molecule has 0 saturated heterocycles. The first-order valence-electron chi connectivity index (χ1n) is 5.60. The maximum Gasteiger partial charge on any atom is 0.339 e. The second-order valence-corrected chi connectivity index (χ2v) is 4.22. The van der Waals surface area contributed by atoms with Gasteiger partial charge in [0.15, 0.2) is 0 Å². The van der Waals surface area contributed by atoms with Gasteiger partial charge in [0.05, 0.1) is 0 Å². The molecule has 0 aliphatic rings. The fourth-order valence-corrected chi connectivity index (χ4v) is 2.01. The van der Waals surface area contributed by atoms with Crippen LogP contribution in [0.5, 0.6) is 0 Å². The van der Waals surface area contributed by atoms with Crippen LogP contribution in [-0.4, -0.2) is 11.1 Å². The Balaban J connectivity index is 2.75. The van der Waals surface area contributed by atoms with Crippen LogP contribution >= 0.6 is 0 Å². The summed E-state index contributed by atoms with van der Waals surface area (Å²) in [5.74, 6) is -1.95. The normalized spacial score (nSPS) is 10.4. The molecule has 2 rings (SSSR count). The highest BCUT2D eigenvalue weighted by Gasteiger charge is 2.18. The van der Waals surface area contributed by atoms with E-state index in [2.05, 4.69) is 0 Å². The Labute approximate surface area is 105 Å². The van der Waals surface area contributed by atoms with Crippen LogP contribution in [0, 0.1) is 19.7 Å². The van der Waals surface area contributed by atoms with Gasteiger partial charge in [0.2, 0.25) is 0 Å². The van der Waals surface area contributed by atoms with Crippen LogP contribution in [-0.2, 0) is 0 Å². The lowest BCUT2D eigenvalue weighted by molar-refractivity contribution is 0.0693. The van der Waals surface area contributed by atoms with E-state index in [9.17, 15) is 9.18 Å². The third-order valence-electron chi connectivity index (χ3n) is 3.12. The highest BCUT2D eigenvalue weighted by atomic mass is 19.1. The summed E-state index contributed by atoms with van der Waals surface area (Å²) in [4.78, 5) is 11.2. The van der Waals surface area contributed by atoms with E-state index in [1.807, 2.05) is 32.0 Å². The third kappa shape index (κ3) is 1.99. The van der Waals surface area contributed by atoms with Crippen LogP contribution in [0.1, 0.15) is 21.5 Å². The Morgan fingerprint density at radius 2 is 1.67 bits per heavy atom. The highest BCUT2D eigenvalue weighted by Crippen LogP contribution is 2.29. The molecular weight excluding hydrogens is 231 g/mol. The first kappa shape index (κ1) is 12.3. The molecule has 0 aliphatic heterocycles. The van der Waals surface area contributed by atoms with Gasteiger partial charge in [-0.15, -0.1) is 0 Å². The van der Waals surface area contributed by atoms with E-state index in [1.54, 1.807) is 6.07 Å². The summed E-state index contributed by atoms with van der Waals surface area (Å²) in [7, 11) is 0. The minimum Gasteiger partial charge on any atom is -0.478 e. The zero-order valence-corrected chi connectivity index (χ0v) is 10.2. The van der Waals surface area contributed by atoms with Crippen molar-refractivity contribution in [3.8, 4) is 11.1 Å². The quantitative estimate of drug-likeness (QED) is 0.872. The van der Waals surface area contributed by atoms with Crippen molar-refractivity contribution in [2.75, 3.05) is 0 Å². The highest BCUT2D eigenvalue weighted by molar-refractivity contribution is 5.96. The molecule has 0 aromatic heterocycles. The van der Waals surface area contributed by atoms with Gasteiger partial charge in [0.25, 0.3) is 0 Å². The van der Waals surface area contributed by atoms with Gasteiger partial charge in [-0.2, -0.15) is 0 Å². The number of aryl methyl sites for hydroxylation is 1. The van der Waals surface area contributed by atoms with E-state index in [0.29, 0.717) is 5.56 Å². The number of hydrogen-bond donors (Lipinski definition) is 1. The van der Waals surface area contributed by atoms with Gasteiger partial charge >= 0.3 is 5.97 Å². The minimum atomic E-state index is -1.25. The summed E-state index contributed by atoms with van der Waals surface area (Å²) < 4.78 is 13.6. The summed E-state index contributed by atoms with van der Waals surface area (Å²) in [6, 6.07) is 9.92. The predicted octanol–water partition coefficient (Wildman–Crippen LogP) is 3.81. The molecule has 0 bridgehead atoms. The number of rotatable bonds is 2. The van der Waals surface area contributed by atoms with Gasteiger partial charge in [-0.3, -0.25) is 0 Å². The SMILES string of the molecule is Cc1cccc(-c2cccc(F)c2C(=O)O)c1C. The van der Waals surface area contributed by atoms with E-state index >= 15 is 0 Å². The van der Waals surface area contributed by atoms with Gasteiger partial charge in [-0.1, -0.05) is 30.3 Å². The average Bonchev–Trinajstić information content (AvgIpc) is 2.32. The predicted molar refractivity (Wildman–Crippen MR) is 68.3 cm³/mol. The molecule has 0 atom stereocenters. The lowest BCUT2D eigenvalue weighted by Gasteiger charge is -2.11. The first-order chi connectivity index (χ1) is 8.52. The fraction of sp³-hybridized carbons (Fsp3) is 0.133. The van der Waals surface area contributed by atoms with E-state index in [4.69, 9.17) is 5.11 Å². The number of carboxylic acid groups (broad SMARTS) is 1. The summed E-state index contributed by atoms with van der Waals surface area (Å²) >= 11 is 0. The topological polar surface area (TPSA) is 37.3 Å². The number of halogens is 1. The third-order valence-corrected chi connectivity index (χ3v) is 3.12. The number of benzene rings is 2. The Kier molecular flexibility index (Phi) is 3.15. The molecule has 2 aromatic rings. The van der Waals surface area contributed by atoms with Crippen molar-refractivity contribution in [3.05, 3.63) is 58.9 Å². The van der Waals surface area contributed by atoms with Crippen molar-refractivity contribution in [2.24, 2.45) is 0 Å². The van der Waals surface area contributed by atoms with Crippen LogP contribution in [0.2, 0.25) is 0 Å². The zero-order chi connectivity index (χ0) is 13.3. The maximum absolute atomic E-state index is 13.6. The van der Waals surface area contributed by atoms with Crippen molar-refractivity contribution in [1.82, 2.24) is 0 Å². The number of hydrogen-bond acceptors (Lipinski definition) is 1. The molecule has 18 heavy (non-hydrogen) atoms. The first-order valence-corrected chi connectivity index (χ1v) is 5.60. The Hall–Kier alpha value is -2.16. The summed E-state index contributed by atoms with van der Waals surface area (Å²) in [6.07, 6.45) is 0. The maximum atomic E-state index is 13.6. The standard InChI is InChI=1S/C15H13FO2/c1-9-5-3-6-11(10(9)2)12-7-4-8-13(16)14(12)15(17)18/h3-8H,1-2H3,(H,17,18). The molecule has 0 aliphatic carbocycles. The van der Waals surface area contributed by atoms with Gasteiger partial charge in [-0.05, 0) is 42.2 Å². The molecule has 0 heterocycles. The van der Waals surface area contributed by atoms with Crippen LogP contribution in [0.3, 0.4) is 0 Å². The molecule has 3 heteroatoms. The zero-order valence-electron chi connectivity index (χ0n) is 10.2. The molecule has 1 N–H and O–H groups in total. The van der Waals surface area contributed by atoms with E-state index < -0.39 is 11.8 Å². The Morgan fingerprint density at radius 1 is 1.06 bits per heavy atom. The Morgan fingerprint density at radius 3 is 2.33 bits per heavy atom. The molecule has 0 fully saturated rings. The molecule has 2 nitrogen and oxygen atoms in total. The van der Waals surface area contributed by atoms with Crippen molar-refractivity contribution >= 4 is 5.97 Å². The lowest BCUT2D eigenvalue weighted by atomic mass is 9.93. The molecular formula is C15H13FO2. The van der Waals surface area contributed by atoms with Gasteiger partial charge in [0, 0.05) is 0 Å². The molecule has 0 unspecified atom stereocenters. The van der Waals surface area contributed by atoms with Gasteiger partial charge in [0.1, 0.15) is 11.4 Å². The van der Waals surface area contributed by atoms with Crippen molar-refractivity contribution in [1.29, 1.82) is 0 Å². The van der Waals surface area contributed by atoms with Crippen molar-refractivity contribution in [2.45, 2.75) is 13.8 Å².